The Kier molecular flexibility index (Phi) is 7.25. The predicted molar refractivity (Wildman–Crippen MR) is 256 cm³/mol. The van der Waals surface area contributed by atoms with E-state index in [1.807, 2.05) is 11.3 Å². The first-order valence-electron chi connectivity index (χ1n) is 21.4. The molecule has 3 aliphatic rings. The zero-order valence-corrected chi connectivity index (χ0v) is 34.5. The Morgan fingerprint density at radius 3 is 2.08 bits per heavy atom. The minimum Gasteiger partial charge on any atom is -0.252 e. The second-order valence-corrected chi connectivity index (χ2v) is 18.7. The van der Waals surface area contributed by atoms with Gasteiger partial charge in [0.1, 0.15) is 0 Å². The molecule has 0 fully saturated rings. The summed E-state index contributed by atoms with van der Waals surface area (Å²) in [5.74, 6) is 0.0902. The molecule has 13 rings (SSSR count). The fourth-order valence-electron chi connectivity index (χ4n) is 11.3. The van der Waals surface area contributed by atoms with Crippen molar-refractivity contribution >= 4 is 69.5 Å². The van der Waals surface area contributed by atoms with Gasteiger partial charge < -0.3 is 0 Å². The number of rotatable bonds is 2. The molecule has 60 heavy (non-hydrogen) atoms. The van der Waals surface area contributed by atoms with Crippen LogP contribution in [0.1, 0.15) is 65.1 Å². The van der Waals surface area contributed by atoms with Gasteiger partial charge >= 0.3 is 0 Å². The summed E-state index contributed by atoms with van der Waals surface area (Å²) < 4.78 is 2.64. The van der Waals surface area contributed by atoms with Gasteiger partial charge in [-0.1, -0.05) is 153 Å². The molecular formula is C58H41NS. The topological polar surface area (TPSA) is 12.4 Å². The van der Waals surface area contributed by atoms with Crippen LogP contribution in [0.4, 0.5) is 0 Å². The summed E-state index contributed by atoms with van der Waals surface area (Å²) in [7, 11) is 0. The van der Waals surface area contributed by atoms with Gasteiger partial charge in [0.15, 0.2) is 0 Å². The largest absolute Gasteiger partial charge is 0.252 e. The van der Waals surface area contributed by atoms with Crippen molar-refractivity contribution in [3.63, 3.8) is 0 Å². The van der Waals surface area contributed by atoms with Gasteiger partial charge in [0, 0.05) is 48.3 Å². The SMILES string of the molecule is CC1(C)c2ccccc2-c2cc3c(cc21)-c1c(c2ccccc2c2ccccc12)CCC3C1=CCc2c(ccc3ccccc23)C(c2ccc3sc4ccccc4c3c2)=N1. The maximum absolute atomic E-state index is 5.96. The molecule has 0 N–H and O–H groups in total. The Hall–Kier alpha value is -6.61. The van der Waals surface area contributed by atoms with Gasteiger partial charge in [-0.15, -0.1) is 11.3 Å². The Morgan fingerprint density at radius 1 is 0.517 bits per heavy atom. The minimum absolute atomic E-state index is 0.0902. The molecule has 1 nitrogen and oxygen atoms in total. The minimum atomic E-state index is -0.115. The standard InChI is InChI=1S/C58H41NS/c1-58(2)51-21-11-9-18-41(51)48-32-47-42(26-27-45-39-17-6-5-15-37(39)38-16-7-8-20-44(38)56(45)50(47)33-52(48)58)53-29-28-40-36-14-4-3-13-34(36)23-25-46(40)57(59-53)35-24-30-55-49(31-35)43-19-10-12-22-54(43)60-55/h3-25,29-33,42H,26-28H2,1-2H3. The average Bonchev–Trinajstić information content (AvgIpc) is 3.59. The van der Waals surface area contributed by atoms with Crippen molar-refractivity contribution in [2.24, 2.45) is 4.99 Å². The molecule has 1 atom stereocenters. The van der Waals surface area contributed by atoms with E-state index in [0.717, 1.165) is 25.0 Å². The molecule has 0 bridgehead atoms. The van der Waals surface area contributed by atoms with Crippen LogP contribution in [0.2, 0.25) is 0 Å². The van der Waals surface area contributed by atoms with Crippen LogP contribution in [0.3, 0.4) is 0 Å². The maximum atomic E-state index is 5.96. The maximum Gasteiger partial charge on any atom is 0.0781 e. The van der Waals surface area contributed by atoms with Gasteiger partial charge in [-0.05, 0) is 132 Å². The van der Waals surface area contributed by atoms with E-state index in [2.05, 4.69) is 184 Å². The normalized spacial score (nSPS) is 16.5. The van der Waals surface area contributed by atoms with Gasteiger partial charge in [-0.2, -0.15) is 0 Å². The molecule has 1 aromatic heterocycles. The number of hydrogen-bond acceptors (Lipinski definition) is 2. The van der Waals surface area contributed by atoms with Crippen molar-refractivity contribution in [3.05, 3.63) is 215 Å². The number of aliphatic imine (C=N–C) groups is 1. The quantitative estimate of drug-likeness (QED) is 0.155. The first kappa shape index (κ1) is 34.3. The molecule has 0 spiro atoms. The zero-order valence-electron chi connectivity index (χ0n) is 33.7. The first-order valence-corrected chi connectivity index (χ1v) is 22.3. The lowest BCUT2D eigenvalue weighted by Gasteiger charge is -2.25. The van der Waals surface area contributed by atoms with Crippen LogP contribution in [-0.4, -0.2) is 5.71 Å². The van der Waals surface area contributed by atoms with E-state index in [0.29, 0.717) is 0 Å². The molecule has 2 aliphatic carbocycles. The van der Waals surface area contributed by atoms with Crippen LogP contribution in [0.25, 0.3) is 74.7 Å². The number of allylic oxidation sites excluding steroid dienone is 2. The van der Waals surface area contributed by atoms with Crippen LogP contribution in [0.5, 0.6) is 0 Å². The lowest BCUT2D eigenvalue weighted by molar-refractivity contribution is 0.659. The average molecular weight is 784 g/mol. The molecular weight excluding hydrogens is 743 g/mol. The van der Waals surface area contributed by atoms with Crippen LogP contribution >= 0.6 is 11.3 Å². The molecule has 0 saturated carbocycles. The third-order valence-corrected chi connectivity index (χ3v) is 15.3. The molecule has 1 unspecified atom stereocenters. The summed E-state index contributed by atoms with van der Waals surface area (Å²) in [6.45, 7) is 4.83. The van der Waals surface area contributed by atoms with Crippen LogP contribution in [0.15, 0.2) is 181 Å². The summed E-state index contributed by atoms with van der Waals surface area (Å²) in [5.41, 5.74) is 17.1. The van der Waals surface area contributed by atoms with E-state index in [4.69, 9.17) is 4.99 Å². The highest BCUT2D eigenvalue weighted by Crippen LogP contribution is 2.55. The van der Waals surface area contributed by atoms with Crippen LogP contribution < -0.4 is 0 Å². The molecule has 10 aromatic rings. The van der Waals surface area contributed by atoms with Crippen molar-refractivity contribution < 1.29 is 0 Å². The second kappa shape index (κ2) is 12.7. The number of fused-ring (bicyclic) bond motifs is 17. The summed E-state index contributed by atoms with van der Waals surface area (Å²) in [5, 5.41) is 10.6. The van der Waals surface area contributed by atoms with Gasteiger partial charge in [0.05, 0.1) is 5.71 Å². The van der Waals surface area contributed by atoms with Crippen molar-refractivity contribution in [2.45, 2.75) is 44.4 Å². The lowest BCUT2D eigenvalue weighted by Crippen LogP contribution is -2.15. The molecule has 2 heteroatoms. The van der Waals surface area contributed by atoms with E-state index in [1.54, 1.807) is 0 Å². The number of nitrogens with zero attached hydrogens (tertiary/aromatic N) is 1. The van der Waals surface area contributed by atoms with E-state index < -0.39 is 0 Å². The van der Waals surface area contributed by atoms with Gasteiger partial charge in [0.25, 0.3) is 0 Å². The van der Waals surface area contributed by atoms with Crippen molar-refractivity contribution in [2.75, 3.05) is 0 Å². The molecule has 0 amide bonds. The monoisotopic (exact) mass is 783 g/mol. The molecule has 9 aromatic carbocycles. The molecule has 284 valence electrons. The predicted octanol–water partition coefficient (Wildman–Crippen LogP) is 15.5. The van der Waals surface area contributed by atoms with Crippen LogP contribution in [-0.2, 0) is 18.3 Å². The highest BCUT2D eigenvalue weighted by molar-refractivity contribution is 7.25. The summed E-state index contributed by atoms with van der Waals surface area (Å²) in [6, 6.07) is 61.9. The van der Waals surface area contributed by atoms with Crippen LogP contribution in [0, 0.1) is 0 Å². The molecule has 0 radical (unpaired) electrons. The molecule has 1 aliphatic heterocycles. The van der Waals surface area contributed by atoms with E-state index in [9.17, 15) is 0 Å². The number of aryl methyl sites for hydroxylation is 1. The van der Waals surface area contributed by atoms with Crippen molar-refractivity contribution in [1.82, 2.24) is 0 Å². The van der Waals surface area contributed by atoms with Gasteiger partial charge in [-0.25, -0.2) is 0 Å². The molecule has 2 heterocycles. The second-order valence-electron chi connectivity index (χ2n) is 17.6. The first-order chi connectivity index (χ1) is 29.5. The fourth-order valence-corrected chi connectivity index (χ4v) is 12.4. The summed E-state index contributed by atoms with van der Waals surface area (Å²) in [6.07, 6.45) is 5.26. The number of benzene rings is 9. The molecule has 0 saturated heterocycles. The van der Waals surface area contributed by atoms with Crippen molar-refractivity contribution in [3.8, 4) is 22.3 Å². The number of thiophene rings is 1. The Balaban J connectivity index is 1.10. The smallest absolute Gasteiger partial charge is 0.0781 e. The zero-order chi connectivity index (χ0) is 39.7. The van der Waals surface area contributed by atoms with Gasteiger partial charge in [0.2, 0.25) is 0 Å². The highest BCUT2D eigenvalue weighted by atomic mass is 32.1. The Labute approximate surface area is 354 Å². The summed E-state index contributed by atoms with van der Waals surface area (Å²) >= 11 is 1.88. The number of hydrogen-bond donors (Lipinski definition) is 0. The third-order valence-electron chi connectivity index (χ3n) is 14.2. The van der Waals surface area contributed by atoms with E-state index in [1.165, 1.54) is 119 Å². The van der Waals surface area contributed by atoms with Gasteiger partial charge in [-0.3, -0.25) is 4.99 Å². The third kappa shape index (κ3) is 4.83. The Bertz CT molecular complexity index is 3560. The van der Waals surface area contributed by atoms with E-state index >= 15 is 0 Å². The Morgan fingerprint density at radius 2 is 1.22 bits per heavy atom. The summed E-state index contributed by atoms with van der Waals surface area (Å²) in [4.78, 5) is 5.96. The van der Waals surface area contributed by atoms with Crippen molar-refractivity contribution in [1.29, 1.82) is 0 Å². The fraction of sp³-hybridized carbons (Fsp3) is 0.121. The van der Waals surface area contributed by atoms with E-state index in [-0.39, 0.29) is 11.3 Å². The highest BCUT2D eigenvalue weighted by Gasteiger charge is 2.39. The lowest BCUT2D eigenvalue weighted by atomic mass is 9.78.